The lowest BCUT2D eigenvalue weighted by Crippen LogP contribution is -2.57. The molecule has 8 nitrogen and oxygen atoms in total. The van der Waals surface area contributed by atoms with Crippen molar-refractivity contribution in [3.05, 3.63) is 25.3 Å². The van der Waals surface area contributed by atoms with Crippen LogP contribution in [-0.2, 0) is 19.1 Å². The van der Waals surface area contributed by atoms with Gasteiger partial charge in [-0.3, -0.25) is 14.4 Å². The Morgan fingerprint density at radius 2 is 1.97 bits per heavy atom. The van der Waals surface area contributed by atoms with Gasteiger partial charge in [0.15, 0.2) is 0 Å². The number of aliphatic hydroxyl groups excluding tert-OH is 1. The third-order valence-corrected chi connectivity index (χ3v) is 7.97. The number of likely N-dealkylation sites (tertiary alicyclic amines) is 1. The molecule has 1 N–H and O–H groups in total. The summed E-state index contributed by atoms with van der Waals surface area (Å²) in [5.74, 6) is -2.12. The monoisotopic (exact) mass is 525 g/mol. The maximum atomic E-state index is 13.9. The number of alkyl halides is 1. The predicted molar refractivity (Wildman–Crippen MR) is 129 cm³/mol. The Kier molecular flexibility index (Phi) is 8.40. The summed E-state index contributed by atoms with van der Waals surface area (Å²) in [6.45, 7) is 10.6. The fourth-order valence-electron chi connectivity index (χ4n) is 5.75. The molecule has 3 saturated heterocycles. The highest BCUT2D eigenvalue weighted by Gasteiger charge is 2.76. The fourth-order valence-corrected chi connectivity index (χ4v) is 6.69. The summed E-state index contributed by atoms with van der Waals surface area (Å²) in [4.78, 5) is 45.5. The first-order chi connectivity index (χ1) is 15.8. The zero-order valence-electron chi connectivity index (χ0n) is 19.6. The number of fused-ring (bicyclic) bond motifs is 1. The van der Waals surface area contributed by atoms with E-state index in [2.05, 4.69) is 36.0 Å². The third-order valence-electron chi connectivity index (χ3n) is 7.12. The Labute approximate surface area is 204 Å². The number of likely N-dealkylation sites (N-methyl/N-ethyl adjacent to an activating group) is 1. The summed E-state index contributed by atoms with van der Waals surface area (Å²) in [5.41, 5.74) is -1.10. The summed E-state index contributed by atoms with van der Waals surface area (Å²) in [5, 5.41) is 9.70. The van der Waals surface area contributed by atoms with Crippen LogP contribution in [0.1, 0.15) is 32.6 Å². The molecule has 3 rings (SSSR count). The number of hydrogen-bond donors (Lipinski definition) is 1. The highest BCUT2D eigenvalue weighted by atomic mass is 79.9. The average molecular weight is 526 g/mol. The second-order valence-corrected chi connectivity index (χ2v) is 10.4. The van der Waals surface area contributed by atoms with E-state index in [1.807, 2.05) is 0 Å². The second-order valence-electron chi connectivity index (χ2n) is 9.21. The zero-order valence-corrected chi connectivity index (χ0v) is 21.2. The molecule has 6 atom stereocenters. The van der Waals surface area contributed by atoms with Crippen molar-refractivity contribution < 1.29 is 24.2 Å². The number of aliphatic hydroxyl groups is 1. The summed E-state index contributed by atoms with van der Waals surface area (Å²) >= 11 is 3.66. The van der Waals surface area contributed by atoms with Gasteiger partial charge in [-0.25, -0.2) is 0 Å². The van der Waals surface area contributed by atoms with Gasteiger partial charge in [-0.05, 0) is 12.8 Å². The summed E-state index contributed by atoms with van der Waals surface area (Å²) < 4.78 is 6.46. The van der Waals surface area contributed by atoms with E-state index < -0.39 is 29.6 Å². The molecule has 2 bridgehead atoms. The minimum Gasteiger partial charge on any atom is -0.395 e. The van der Waals surface area contributed by atoms with Crippen LogP contribution >= 0.6 is 15.9 Å². The Morgan fingerprint density at radius 1 is 1.27 bits per heavy atom. The smallest absolute Gasteiger partial charge is 0.248 e. The van der Waals surface area contributed by atoms with Crippen LogP contribution in [0.3, 0.4) is 0 Å². The van der Waals surface area contributed by atoms with Crippen LogP contribution in [-0.4, -0.2) is 99.9 Å². The number of halogens is 1. The van der Waals surface area contributed by atoms with Gasteiger partial charge in [-0.2, -0.15) is 0 Å². The highest BCUT2D eigenvalue weighted by molar-refractivity contribution is 9.09. The standard InChI is InChI=1S/C24H36BrN3O5/c1-5-8-9-12-27(11-7-3)23(32)20-24-15-16(25)19(33-24)17(21(30)26(4)10-6-2)18(24)22(31)28(20)13-14-29/h6-7,16-20,29H,2-3,5,8-15H2,1,4H3/t16?,17-,18+,19-,20?,24?/m1/s1. The van der Waals surface area contributed by atoms with E-state index in [1.54, 1.807) is 29.0 Å². The van der Waals surface area contributed by atoms with E-state index in [1.165, 1.54) is 4.90 Å². The number of carbonyl (C=O) groups is 3. The Bertz CT molecular complexity index is 792. The van der Waals surface area contributed by atoms with Crippen molar-refractivity contribution in [2.75, 3.05) is 39.8 Å². The summed E-state index contributed by atoms with van der Waals surface area (Å²) in [6.07, 6.45) is 6.16. The van der Waals surface area contributed by atoms with Crippen LogP contribution in [0.5, 0.6) is 0 Å². The number of ether oxygens (including phenoxy) is 1. The fraction of sp³-hybridized carbons (Fsp3) is 0.708. The molecule has 184 valence electrons. The van der Waals surface area contributed by atoms with Gasteiger partial charge in [-0.1, -0.05) is 47.8 Å². The number of carbonyl (C=O) groups excluding carboxylic acids is 3. The molecule has 0 aromatic carbocycles. The van der Waals surface area contributed by atoms with Crippen LogP contribution in [0, 0.1) is 11.8 Å². The summed E-state index contributed by atoms with van der Waals surface area (Å²) in [7, 11) is 1.68. The first-order valence-electron chi connectivity index (χ1n) is 11.8. The zero-order chi connectivity index (χ0) is 24.3. The Balaban J connectivity index is 2.00. The van der Waals surface area contributed by atoms with E-state index in [0.29, 0.717) is 26.1 Å². The van der Waals surface area contributed by atoms with Crippen molar-refractivity contribution in [1.29, 1.82) is 0 Å². The lowest BCUT2D eigenvalue weighted by atomic mass is 9.70. The molecule has 9 heteroatoms. The first-order valence-corrected chi connectivity index (χ1v) is 12.7. The third kappa shape index (κ3) is 4.39. The van der Waals surface area contributed by atoms with Crippen LogP contribution in [0.25, 0.3) is 0 Å². The van der Waals surface area contributed by atoms with E-state index in [-0.39, 0.29) is 35.7 Å². The number of amides is 3. The van der Waals surface area contributed by atoms with E-state index in [4.69, 9.17) is 4.74 Å². The van der Waals surface area contributed by atoms with Crippen LogP contribution in [0.4, 0.5) is 0 Å². The molecule has 3 heterocycles. The van der Waals surface area contributed by atoms with Gasteiger partial charge >= 0.3 is 0 Å². The molecular weight excluding hydrogens is 490 g/mol. The molecule has 0 aromatic heterocycles. The molecule has 3 unspecified atom stereocenters. The first kappa shape index (κ1) is 25.9. The molecule has 1 spiro atoms. The Hall–Kier alpha value is -1.71. The minimum absolute atomic E-state index is 0.0226. The molecule has 0 radical (unpaired) electrons. The molecule has 0 aliphatic carbocycles. The molecule has 3 aliphatic rings. The van der Waals surface area contributed by atoms with Gasteiger partial charge in [-0.15, -0.1) is 13.2 Å². The highest BCUT2D eigenvalue weighted by Crippen LogP contribution is 2.60. The second kappa shape index (κ2) is 10.7. The number of unbranched alkanes of at least 4 members (excludes halogenated alkanes) is 2. The van der Waals surface area contributed by atoms with Gasteiger partial charge in [0.2, 0.25) is 17.7 Å². The average Bonchev–Trinajstić information content (AvgIpc) is 3.36. The molecular formula is C24H36BrN3O5. The van der Waals surface area contributed by atoms with Gasteiger partial charge in [0.05, 0.1) is 24.5 Å². The maximum absolute atomic E-state index is 13.9. The van der Waals surface area contributed by atoms with Gasteiger partial charge in [0, 0.05) is 38.1 Å². The molecule has 0 saturated carbocycles. The van der Waals surface area contributed by atoms with E-state index in [0.717, 1.165) is 19.3 Å². The van der Waals surface area contributed by atoms with Crippen LogP contribution < -0.4 is 0 Å². The lowest BCUT2D eigenvalue weighted by molar-refractivity contribution is -0.148. The van der Waals surface area contributed by atoms with Crippen molar-refractivity contribution in [3.63, 3.8) is 0 Å². The van der Waals surface area contributed by atoms with E-state index in [9.17, 15) is 19.5 Å². The van der Waals surface area contributed by atoms with Crippen molar-refractivity contribution >= 4 is 33.7 Å². The van der Waals surface area contributed by atoms with Crippen molar-refractivity contribution in [3.8, 4) is 0 Å². The maximum Gasteiger partial charge on any atom is 0.248 e. The van der Waals surface area contributed by atoms with Crippen molar-refractivity contribution in [2.45, 2.75) is 55.2 Å². The van der Waals surface area contributed by atoms with E-state index >= 15 is 0 Å². The number of hydrogen-bond acceptors (Lipinski definition) is 5. The number of nitrogens with zero attached hydrogens (tertiary/aromatic N) is 3. The largest absolute Gasteiger partial charge is 0.395 e. The van der Waals surface area contributed by atoms with Crippen molar-refractivity contribution in [2.24, 2.45) is 11.8 Å². The van der Waals surface area contributed by atoms with Gasteiger partial charge in [0.25, 0.3) is 0 Å². The molecule has 3 fully saturated rings. The van der Waals surface area contributed by atoms with Crippen molar-refractivity contribution in [1.82, 2.24) is 14.7 Å². The molecule has 0 aromatic rings. The van der Waals surface area contributed by atoms with Gasteiger partial charge < -0.3 is 24.5 Å². The predicted octanol–water partition coefficient (Wildman–Crippen LogP) is 1.58. The normalized spacial score (nSPS) is 32.1. The van der Waals surface area contributed by atoms with Crippen LogP contribution in [0.15, 0.2) is 25.3 Å². The molecule has 33 heavy (non-hydrogen) atoms. The minimum atomic E-state index is -1.10. The SMILES string of the molecule is C=CCN(C)C(=O)[C@H]1[C@@H]2OC3(CC2Br)C(C(=O)N(CC=C)CCCCC)N(CCO)C(=O)[C@H]13. The van der Waals surface area contributed by atoms with Crippen LogP contribution in [0.2, 0.25) is 0 Å². The topological polar surface area (TPSA) is 90.4 Å². The number of rotatable bonds is 12. The molecule has 3 amide bonds. The number of β-amino-alcohol motifs (C(OH)–C–C–N with tert-alkyl or cyclic N) is 1. The molecule has 3 aliphatic heterocycles. The quantitative estimate of drug-likeness (QED) is 0.237. The Morgan fingerprint density at radius 3 is 2.58 bits per heavy atom. The lowest BCUT2D eigenvalue weighted by Gasteiger charge is -2.37. The van der Waals surface area contributed by atoms with Gasteiger partial charge in [0.1, 0.15) is 11.6 Å². The summed E-state index contributed by atoms with van der Waals surface area (Å²) in [6, 6.07) is -0.878.